The Morgan fingerprint density at radius 2 is 0.917 bits per heavy atom. The molecule has 0 atom stereocenters. The Morgan fingerprint density at radius 3 is 1.23 bits per heavy atom. The number of fused-ring (bicyclic) bond motifs is 2. The molecule has 0 radical (unpaired) electrons. The Bertz CT molecular complexity index is 2890. The van der Waals surface area contributed by atoms with Crippen LogP contribution in [-0.2, 0) is 12.8 Å². The van der Waals surface area contributed by atoms with Crippen LogP contribution in [-0.4, -0.2) is 5.51 Å². The zero-order chi connectivity index (χ0) is 46.1. The highest BCUT2D eigenvalue weighted by molar-refractivity contribution is 8.46. The first kappa shape index (κ1) is 45.5. The van der Waals surface area contributed by atoms with Crippen molar-refractivity contribution in [1.29, 1.82) is 10.5 Å². The van der Waals surface area contributed by atoms with Crippen molar-refractivity contribution in [2.75, 3.05) is 0 Å². The lowest BCUT2D eigenvalue weighted by Gasteiger charge is -2.45. The molecule has 0 saturated heterocycles. The highest BCUT2D eigenvalue weighted by Gasteiger charge is 2.72. The number of nitriles is 2. The molecule has 0 bridgehead atoms. The van der Waals surface area contributed by atoms with Gasteiger partial charge in [0.2, 0.25) is 0 Å². The Morgan fingerprint density at radius 1 is 0.583 bits per heavy atom. The summed E-state index contributed by atoms with van der Waals surface area (Å²) in [7, 11) is -24.6. The smallest absolute Gasteiger partial charge is 0.203 e. The van der Waals surface area contributed by atoms with Gasteiger partial charge in [-0.2, -0.15) is 33.4 Å². The number of benzene rings is 3. The van der Waals surface area contributed by atoms with Crippen LogP contribution in [0.2, 0.25) is 0 Å². The second-order valence-corrected chi connectivity index (χ2v) is 18.0. The number of allylic oxidation sites excluding steroid dienone is 3. The third-order valence-corrected chi connectivity index (χ3v) is 11.9. The number of thioether (sulfide) groups is 1. The van der Waals surface area contributed by atoms with Crippen LogP contribution in [0.25, 0.3) is 20.8 Å². The molecule has 0 amide bonds. The molecule has 0 aliphatic heterocycles. The second-order valence-electron chi connectivity index (χ2n) is 12.3. The van der Waals surface area contributed by atoms with E-state index in [1.54, 1.807) is 0 Å². The van der Waals surface area contributed by atoms with E-state index in [0.717, 1.165) is 0 Å². The van der Waals surface area contributed by atoms with Crippen LogP contribution in [0.3, 0.4) is 0 Å². The molecular weight excluding hydrogens is 936 g/mol. The summed E-state index contributed by atoms with van der Waals surface area (Å²) >= 11 is -1.99. The monoisotopic (exact) mass is 942 g/mol. The van der Waals surface area contributed by atoms with Gasteiger partial charge in [0.25, 0.3) is 0 Å². The van der Waals surface area contributed by atoms with Crippen LogP contribution < -0.4 is 10.4 Å². The van der Waals surface area contributed by atoms with Crippen LogP contribution in [0, 0.1) is 89.3 Å². The number of nitrogens with zero attached hydrogens (tertiary/aromatic N) is 4. The van der Waals surface area contributed by atoms with E-state index in [-0.39, 0.29) is 6.92 Å². The highest BCUT2D eigenvalue weighted by atomic mass is 32.5. The SMILES string of the molecule is [C-]#[N+]C([N+]#[C-])=C1Cc2c(S(F)(F)(F)(F)F)c3c(c(S(F)(F)(F)(F)F)c2=C1c1c(F)c(F)c(C)c(F)c1F)CC(=C(C#N)C#N)C=3c1c(F)c(F)c(SC(F)(F)F)c(F)c1F. The van der Waals surface area contributed by atoms with Crippen molar-refractivity contribution >= 4 is 43.4 Å². The quantitative estimate of drug-likeness (QED) is 0.0842. The third-order valence-electron chi connectivity index (χ3n) is 8.62. The molecule has 0 spiro atoms. The Balaban J connectivity index is 2.43. The molecule has 3 aromatic rings. The van der Waals surface area contributed by atoms with Crippen LogP contribution in [0.15, 0.2) is 37.2 Å². The van der Waals surface area contributed by atoms with Crippen molar-refractivity contribution in [2.24, 2.45) is 0 Å². The molecule has 5 rings (SSSR count). The maximum atomic E-state index is 15.8. The predicted octanol–water partition coefficient (Wildman–Crippen LogP) is 12.9. The van der Waals surface area contributed by atoms with Crippen LogP contribution in [0.1, 0.15) is 27.8 Å². The summed E-state index contributed by atoms with van der Waals surface area (Å²) in [5.74, 6) is -26.4. The molecule has 0 saturated carbocycles. The number of alkyl halides is 3. The lowest BCUT2D eigenvalue weighted by molar-refractivity contribution is -0.0331. The number of halogens is 21. The van der Waals surface area contributed by atoms with Crippen molar-refractivity contribution in [3.63, 3.8) is 0 Å². The zero-order valence-corrected chi connectivity index (χ0v) is 30.3. The van der Waals surface area contributed by atoms with Crippen molar-refractivity contribution in [2.45, 2.75) is 40.0 Å². The molecule has 320 valence electrons. The summed E-state index contributed by atoms with van der Waals surface area (Å²) in [4.78, 5) is -6.16. The first-order valence-corrected chi connectivity index (χ1v) is 19.4. The van der Waals surface area contributed by atoms with E-state index in [9.17, 15) is 32.5 Å². The van der Waals surface area contributed by atoms with E-state index in [0.29, 0.717) is 12.1 Å². The van der Waals surface area contributed by atoms with E-state index < -0.39 is 184 Å². The van der Waals surface area contributed by atoms with Gasteiger partial charge < -0.3 is 0 Å². The lowest BCUT2D eigenvalue weighted by Crippen LogP contribution is -2.35. The molecule has 0 fully saturated rings. The largest absolute Gasteiger partial charge is 0.523 e. The van der Waals surface area contributed by atoms with Gasteiger partial charge in [0.15, 0.2) is 46.5 Å². The van der Waals surface area contributed by atoms with Gasteiger partial charge in [0.05, 0.1) is 21.6 Å². The van der Waals surface area contributed by atoms with Gasteiger partial charge >= 0.3 is 31.8 Å². The molecule has 28 heteroatoms. The fraction of sp³-hybridized carbons (Fsp3) is 0.125. The van der Waals surface area contributed by atoms with Crippen molar-refractivity contribution in [3.8, 4) is 12.1 Å². The summed E-state index contributed by atoms with van der Waals surface area (Å²) in [6.45, 7) is 14.5. The molecule has 3 aromatic carbocycles. The Labute approximate surface area is 322 Å². The molecule has 2 aliphatic carbocycles. The van der Waals surface area contributed by atoms with Gasteiger partial charge in [0.1, 0.15) is 40.6 Å². The zero-order valence-electron chi connectivity index (χ0n) is 27.9. The summed E-state index contributed by atoms with van der Waals surface area (Å²) in [5, 5.41) is 12.5. The third kappa shape index (κ3) is 7.13. The summed E-state index contributed by atoms with van der Waals surface area (Å²) < 4.78 is 317. The average molecular weight is 943 g/mol. The number of hydrogen-bond acceptors (Lipinski definition) is 3. The lowest BCUT2D eigenvalue weighted by atomic mass is 9.94. The molecule has 60 heavy (non-hydrogen) atoms. The van der Waals surface area contributed by atoms with E-state index in [1.165, 1.54) is 0 Å². The topological polar surface area (TPSA) is 56.3 Å². The molecule has 4 nitrogen and oxygen atoms in total. The van der Waals surface area contributed by atoms with Gasteiger partial charge in [-0.3, -0.25) is 0 Å². The van der Waals surface area contributed by atoms with Gasteiger partial charge in [0, 0.05) is 28.0 Å². The van der Waals surface area contributed by atoms with Gasteiger partial charge in [-0.15, -0.1) is 0 Å². The minimum absolute atomic E-state index is 0.249. The van der Waals surface area contributed by atoms with Crippen molar-refractivity contribution < 1.29 is 87.2 Å². The second kappa shape index (κ2) is 12.3. The van der Waals surface area contributed by atoms with E-state index in [1.807, 2.05) is 0 Å². The normalized spacial score (nSPS) is 16.4. The van der Waals surface area contributed by atoms with E-state index in [2.05, 4.69) is 9.69 Å². The standard InChI is InChI=1S/C32H7F21N4S3/c1-8-20(33)22(35)19(23(36)21(8)34)15-13(31(56-2)57-3)5-12-17(15)29(59(44,45,46,47)48)11-4-10(9(6-54)7-55)14(16(11)30(12)60(49,50,51,52)53)18-24(37)26(39)28(27(40)25(18)38)58-32(41,42)43/h4-5H2,1H3. The predicted molar refractivity (Wildman–Crippen MR) is 169 cm³/mol. The fourth-order valence-corrected chi connectivity index (χ4v) is 9.72. The minimum Gasteiger partial charge on any atom is -0.203 e. The van der Waals surface area contributed by atoms with Crippen molar-refractivity contribution in [1.82, 2.24) is 0 Å². The van der Waals surface area contributed by atoms with E-state index in [4.69, 9.17) is 13.1 Å². The maximum Gasteiger partial charge on any atom is 0.523 e. The molecule has 0 aromatic heterocycles. The highest BCUT2D eigenvalue weighted by Crippen LogP contribution is 3.04. The summed E-state index contributed by atoms with van der Waals surface area (Å²) in [6, 6.07) is 1.38. The first-order valence-electron chi connectivity index (χ1n) is 14.7. The van der Waals surface area contributed by atoms with Gasteiger partial charge in [-0.25, -0.2) is 35.1 Å². The molecule has 0 heterocycles. The number of rotatable bonds is 5. The van der Waals surface area contributed by atoms with Gasteiger partial charge in [-0.1, -0.05) is 38.9 Å². The molecule has 0 unspecified atom stereocenters. The van der Waals surface area contributed by atoms with Crippen LogP contribution >= 0.6 is 32.2 Å². The van der Waals surface area contributed by atoms with E-state index >= 15 is 65.2 Å². The minimum atomic E-state index is -12.3. The average Bonchev–Trinajstić information content (AvgIpc) is 3.63. The first-order chi connectivity index (χ1) is 26.8. The summed E-state index contributed by atoms with van der Waals surface area (Å²) in [5.41, 5.74) is -31.0. The molecular formula is C32H7F21N4S3. The van der Waals surface area contributed by atoms with Gasteiger partial charge in [-0.05, 0) is 47.4 Å². The fourth-order valence-electron chi connectivity index (χ4n) is 6.63. The molecule has 2 aliphatic rings. The molecule has 0 N–H and O–H groups in total. The maximum absolute atomic E-state index is 15.8. The Hall–Kier alpha value is -5.58. The van der Waals surface area contributed by atoms with Crippen LogP contribution in [0.4, 0.5) is 87.2 Å². The number of hydrogen-bond donors (Lipinski definition) is 0. The summed E-state index contributed by atoms with van der Waals surface area (Å²) in [6.07, 6.45) is -5.29. The Kier molecular flexibility index (Phi) is 9.30. The van der Waals surface area contributed by atoms with Crippen LogP contribution in [0.5, 0.6) is 0 Å². The van der Waals surface area contributed by atoms with Crippen molar-refractivity contribution in [3.05, 3.63) is 130 Å².